The monoisotopic (exact) mass is 383 g/mol. The molecule has 10 heteroatoms. The van der Waals surface area contributed by atoms with Gasteiger partial charge in [-0.05, 0) is 24.1 Å². The fourth-order valence-electron chi connectivity index (χ4n) is 2.68. The highest BCUT2D eigenvalue weighted by Gasteiger charge is 2.30. The number of alkyl halides is 6. The third-order valence-corrected chi connectivity index (χ3v) is 4.00. The van der Waals surface area contributed by atoms with Gasteiger partial charge in [0, 0.05) is 32.7 Å². The van der Waals surface area contributed by atoms with Crippen LogP contribution >= 0.6 is 0 Å². The van der Waals surface area contributed by atoms with E-state index >= 15 is 0 Å². The lowest BCUT2D eigenvalue weighted by Gasteiger charge is -2.22. The maximum absolute atomic E-state index is 12.6. The van der Waals surface area contributed by atoms with Crippen LogP contribution in [0.15, 0.2) is 24.3 Å². The molecular weight excluding hydrogens is 364 g/mol. The summed E-state index contributed by atoms with van der Waals surface area (Å²) in [6.45, 7) is 0.649. The second-order valence-corrected chi connectivity index (χ2v) is 6.09. The Bertz CT molecular complexity index is 599. The van der Waals surface area contributed by atoms with Gasteiger partial charge in [0.1, 0.15) is 6.54 Å². The smallest absolute Gasteiger partial charge is 0.329 e. The van der Waals surface area contributed by atoms with E-state index in [0.717, 1.165) is 12.1 Å². The van der Waals surface area contributed by atoms with Gasteiger partial charge >= 0.3 is 18.4 Å². The fourth-order valence-corrected chi connectivity index (χ4v) is 2.68. The Labute approximate surface area is 146 Å². The Morgan fingerprint density at radius 3 is 2.19 bits per heavy atom. The number of rotatable bonds is 3. The Kier molecular flexibility index (Phi) is 6.38. The van der Waals surface area contributed by atoms with Crippen molar-refractivity contribution in [3.63, 3.8) is 0 Å². The van der Waals surface area contributed by atoms with Crippen molar-refractivity contribution in [3.05, 3.63) is 35.4 Å². The standard InChI is InChI=1S/C16H19F6N3O/c17-15(18,19)11-23-14(26)25-7-1-6-24(8-9-25)10-12-2-4-13(5-3-12)16(20,21)22/h2-5H,1,6-11H2,(H,23,26). The number of hydrogen-bond acceptors (Lipinski definition) is 2. The van der Waals surface area contributed by atoms with Crippen LogP contribution in [0.4, 0.5) is 31.1 Å². The van der Waals surface area contributed by atoms with E-state index in [2.05, 4.69) is 0 Å². The van der Waals surface area contributed by atoms with Crippen molar-refractivity contribution in [2.45, 2.75) is 25.3 Å². The summed E-state index contributed by atoms with van der Waals surface area (Å²) in [4.78, 5) is 15.1. The molecule has 1 aromatic carbocycles. The molecule has 2 amide bonds. The van der Waals surface area contributed by atoms with Crippen LogP contribution in [0.3, 0.4) is 0 Å². The van der Waals surface area contributed by atoms with E-state index in [9.17, 15) is 31.1 Å². The predicted octanol–water partition coefficient (Wildman–Crippen LogP) is 3.49. The second kappa shape index (κ2) is 8.15. The van der Waals surface area contributed by atoms with Crippen molar-refractivity contribution in [1.82, 2.24) is 15.1 Å². The molecule has 1 aliphatic heterocycles. The van der Waals surface area contributed by atoms with Crippen LogP contribution in [0.1, 0.15) is 17.5 Å². The van der Waals surface area contributed by atoms with Gasteiger partial charge in [-0.15, -0.1) is 0 Å². The highest BCUT2D eigenvalue weighted by Crippen LogP contribution is 2.29. The molecular formula is C16H19F6N3O. The summed E-state index contributed by atoms with van der Waals surface area (Å²) in [5.74, 6) is 0. The van der Waals surface area contributed by atoms with Gasteiger partial charge < -0.3 is 10.2 Å². The molecule has 1 N–H and O–H groups in total. The van der Waals surface area contributed by atoms with Crippen LogP contribution in [0, 0.1) is 0 Å². The van der Waals surface area contributed by atoms with E-state index in [1.165, 1.54) is 17.0 Å². The van der Waals surface area contributed by atoms with Crippen molar-refractivity contribution < 1.29 is 31.1 Å². The average Bonchev–Trinajstić information content (AvgIpc) is 2.77. The van der Waals surface area contributed by atoms with Gasteiger partial charge in [0.05, 0.1) is 5.56 Å². The molecule has 0 unspecified atom stereocenters. The van der Waals surface area contributed by atoms with Crippen LogP contribution in [-0.4, -0.2) is 54.7 Å². The minimum Gasteiger partial charge on any atom is -0.329 e. The number of hydrogen-bond donors (Lipinski definition) is 1. The van der Waals surface area contributed by atoms with E-state index in [4.69, 9.17) is 0 Å². The molecule has 0 spiro atoms. The molecule has 1 aromatic rings. The molecule has 0 bridgehead atoms. The van der Waals surface area contributed by atoms with E-state index in [1.807, 2.05) is 10.2 Å². The molecule has 2 rings (SSSR count). The molecule has 0 atom stereocenters. The molecule has 1 heterocycles. The second-order valence-electron chi connectivity index (χ2n) is 6.09. The molecule has 1 saturated heterocycles. The number of carbonyl (C=O) groups excluding carboxylic acids is 1. The first kappa shape index (κ1) is 20.3. The zero-order chi connectivity index (χ0) is 19.4. The number of nitrogens with one attached hydrogen (secondary N) is 1. The fraction of sp³-hybridized carbons (Fsp3) is 0.562. The number of benzene rings is 1. The van der Waals surface area contributed by atoms with Crippen molar-refractivity contribution >= 4 is 6.03 Å². The van der Waals surface area contributed by atoms with Crippen LogP contribution in [0.5, 0.6) is 0 Å². The lowest BCUT2D eigenvalue weighted by Crippen LogP contribution is -2.45. The highest BCUT2D eigenvalue weighted by atomic mass is 19.4. The van der Waals surface area contributed by atoms with Gasteiger partial charge in [-0.25, -0.2) is 4.79 Å². The zero-order valence-electron chi connectivity index (χ0n) is 13.8. The van der Waals surface area contributed by atoms with E-state index in [-0.39, 0.29) is 6.54 Å². The Morgan fingerprint density at radius 2 is 1.62 bits per heavy atom. The van der Waals surface area contributed by atoms with Crippen LogP contribution in [0.25, 0.3) is 0 Å². The Balaban J connectivity index is 1.85. The first-order chi connectivity index (χ1) is 12.0. The molecule has 146 valence electrons. The number of urea groups is 1. The van der Waals surface area contributed by atoms with E-state index in [1.54, 1.807) is 0 Å². The topological polar surface area (TPSA) is 35.6 Å². The summed E-state index contributed by atoms with van der Waals surface area (Å²) in [7, 11) is 0. The predicted molar refractivity (Wildman–Crippen MR) is 82.4 cm³/mol. The number of carbonyl (C=O) groups is 1. The number of nitrogens with zero attached hydrogens (tertiary/aromatic N) is 2. The van der Waals surface area contributed by atoms with Crippen LogP contribution in [0.2, 0.25) is 0 Å². The number of halogens is 6. The van der Waals surface area contributed by atoms with Crippen molar-refractivity contribution in [3.8, 4) is 0 Å². The summed E-state index contributed by atoms with van der Waals surface area (Å²) in [5, 5.41) is 1.84. The summed E-state index contributed by atoms with van der Waals surface area (Å²) in [6, 6.07) is 4.08. The van der Waals surface area contributed by atoms with Gasteiger partial charge in [0.2, 0.25) is 0 Å². The largest absolute Gasteiger partial charge is 0.416 e. The van der Waals surface area contributed by atoms with Gasteiger partial charge in [-0.3, -0.25) is 4.90 Å². The van der Waals surface area contributed by atoms with Crippen LogP contribution in [-0.2, 0) is 12.7 Å². The molecule has 0 saturated carbocycles. The zero-order valence-corrected chi connectivity index (χ0v) is 13.8. The Morgan fingerprint density at radius 1 is 0.962 bits per heavy atom. The van der Waals surface area contributed by atoms with Crippen molar-refractivity contribution in [2.24, 2.45) is 0 Å². The van der Waals surface area contributed by atoms with Gasteiger partial charge in [-0.1, -0.05) is 12.1 Å². The van der Waals surface area contributed by atoms with Gasteiger partial charge in [0.15, 0.2) is 0 Å². The maximum atomic E-state index is 12.6. The number of amides is 2. The minimum absolute atomic E-state index is 0.254. The summed E-state index contributed by atoms with van der Waals surface area (Å²) in [6.07, 6.45) is -8.28. The third-order valence-electron chi connectivity index (χ3n) is 4.00. The summed E-state index contributed by atoms with van der Waals surface area (Å²) in [5.41, 5.74) is -0.0161. The summed E-state index contributed by atoms with van der Waals surface area (Å²) >= 11 is 0. The summed E-state index contributed by atoms with van der Waals surface area (Å²) < 4.78 is 74.2. The van der Waals surface area contributed by atoms with E-state index < -0.39 is 30.5 Å². The van der Waals surface area contributed by atoms with Gasteiger partial charge in [0.25, 0.3) is 0 Å². The molecule has 0 radical (unpaired) electrons. The first-order valence-corrected chi connectivity index (χ1v) is 8.02. The SMILES string of the molecule is O=C(NCC(F)(F)F)N1CCCN(Cc2ccc(C(F)(F)F)cc2)CC1. The molecule has 0 aromatic heterocycles. The highest BCUT2D eigenvalue weighted by molar-refractivity contribution is 5.74. The van der Waals surface area contributed by atoms with Gasteiger partial charge in [-0.2, -0.15) is 26.3 Å². The lowest BCUT2D eigenvalue weighted by atomic mass is 10.1. The first-order valence-electron chi connectivity index (χ1n) is 8.02. The quantitative estimate of drug-likeness (QED) is 0.812. The lowest BCUT2D eigenvalue weighted by molar-refractivity contribution is -0.137. The maximum Gasteiger partial charge on any atom is 0.416 e. The molecule has 0 aliphatic carbocycles. The molecule has 1 fully saturated rings. The molecule has 26 heavy (non-hydrogen) atoms. The normalized spacial score (nSPS) is 17.1. The van der Waals surface area contributed by atoms with Crippen molar-refractivity contribution in [2.75, 3.05) is 32.7 Å². The minimum atomic E-state index is -4.46. The Hall–Kier alpha value is -1.97. The van der Waals surface area contributed by atoms with Crippen molar-refractivity contribution in [1.29, 1.82) is 0 Å². The average molecular weight is 383 g/mol. The molecule has 4 nitrogen and oxygen atoms in total. The third kappa shape index (κ3) is 6.40. The molecule has 1 aliphatic rings. The van der Waals surface area contributed by atoms with E-state index in [0.29, 0.717) is 38.2 Å². The van der Waals surface area contributed by atoms with Crippen LogP contribution < -0.4 is 5.32 Å².